The number of allylic oxidation sites excluding steroid dienone is 4. The van der Waals surface area contributed by atoms with Crippen LogP contribution in [0.2, 0.25) is 0 Å². The van der Waals surface area contributed by atoms with E-state index in [1.165, 1.54) is 0 Å². The highest BCUT2D eigenvalue weighted by molar-refractivity contribution is 6.09. The van der Waals surface area contributed by atoms with Gasteiger partial charge in [0.15, 0.2) is 5.82 Å². The highest BCUT2D eigenvalue weighted by Crippen LogP contribution is 2.39. The number of anilines is 3. The highest BCUT2D eigenvalue weighted by atomic mass is 16.5. The van der Waals surface area contributed by atoms with Gasteiger partial charge in [0.2, 0.25) is 0 Å². The van der Waals surface area contributed by atoms with E-state index in [1.54, 1.807) is 22.8 Å². The van der Waals surface area contributed by atoms with Crippen molar-refractivity contribution in [2.45, 2.75) is 26.8 Å². The van der Waals surface area contributed by atoms with Crippen LogP contribution in [0.15, 0.2) is 60.9 Å². The normalized spacial score (nSPS) is 13.0. The molecule has 2 heterocycles. The smallest absolute Gasteiger partial charge is 0.160 e. The molecule has 1 unspecified atom stereocenters. The first-order chi connectivity index (χ1) is 14.9. The van der Waals surface area contributed by atoms with Gasteiger partial charge in [0.25, 0.3) is 0 Å². The Morgan fingerprint density at radius 3 is 2.48 bits per heavy atom. The monoisotopic (exact) mass is 419 g/mol. The van der Waals surface area contributed by atoms with Crippen LogP contribution in [-0.4, -0.2) is 21.5 Å². The number of nitrogens with one attached hydrogen (secondary N) is 1. The van der Waals surface area contributed by atoms with Gasteiger partial charge < -0.3 is 21.5 Å². The third-order valence-corrected chi connectivity index (χ3v) is 5.06. The van der Waals surface area contributed by atoms with Crippen molar-refractivity contribution in [2.24, 2.45) is 5.73 Å². The van der Waals surface area contributed by atoms with E-state index in [0.29, 0.717) is 40.0 Å². The molecule has 3 rings (SSSR count). The Hall–Kier alpha value is -3.78. The third kappa shape index (κ3) is 4.39. The summed E-state index contributed by atoms with van der Waals surface area (Å²) in [5.41, 5.74) is 20.9. The molecule has 0 amide bonds. The van der Waals surface area contributed by atoms with Crippen molar-refractivity contribution >= 4 is 33.9 Å². The van der Waals surface area contributed by atoms with E-state index in [1.807, 2.05) is 44.2 Å². The third-order valence-electron chi connectivity index (χ3n) is 5.06. The zero-order chi connectivity index (χ0) is 22.5. The van der Waals surface area contributed by atoms with Crippen molar-refractivity contribution in [1.82, 2.24) is 14.8 Å². The van der Waals surface area contributed by atoms with E-state index in [9.17, 15) is 0 Å². The summed E-state index contributed by atoms with van der Waals surface area (Å²) in [5.74, 6) is 2.07. The van der Waals surface area contributed by atoms with Crippen molar-refractivity contribution in [3.63, 3.8) is 0 Å². The average Bonchev–Trinajstić information content (AvgIpc) is 3.04. The SMILES string of the molecule is C=C(/C=C\C(=C/C)OCN)n1c(N)c2c(C)nnc(NC(C)c3ccccc3)c2c1N. The summed E-state index contributed by atoms with van der Waals surface area (Å²) in [5, 5.41) is 13.5. The molecule has 0 aliphatic carbocycles. The van der Waals surface area contributed by atoms with Crippen LogP contribution >= 0.6 is 0 Å². The molecule has 31 heavy (non-hydrogen) atoms. The number of nitrogen functional groups attached to an aromatic ring is 2. The number of ether oxygens (including phenoxy) is 1. The topological polar surface area (TPSA) is 130 Å². The molecule has 2 aromatic heterocycles. The van der Waals surface area contributed by atoms with Crippen molar-refractivity contribution in [1.29, 1.82) is 0 Å². The fourth-order valence-corrected chi connectivity index (χ4v) is 3.46. The van der Waals surface area contributed by atoms with Gasteiger partial charge in [-0.3, -0.25) is 10.3 Å². The molecule has 162 valence electrons. The first kappa shape index (κ1) is 21.9. The molecule has 1 aromatic carbocycles. The Kier molecular flexibility index (Phi) is 6.61. The average molecular weight is 420 g/mol. The predicted octanol–water partition coefficient (Wildman–Crippen LogP) is 3.94. The number of fused-ring (bicyclic) bond motifs is 1. The van der Waals surface area contributed by atoms with Gasteiger partial charge >= 0.3 is 0 Å². The number of hydrogen-bond donors (Lipinski definition) is 4. The lowest BCUT2D eigenvalue weighted by Crippen LogP contribution is -2.09. The van der Waals surface area contributed by atoms with Gasteiger partial charge in [-0.05, 0) is 44.6 Å². The molecule has 0 aliphatic heterocycles. The van der Waals surface area contributed by atoms with Crippen LogP contribution in [0.4, 0.5) is 17.5 Å². The number of benzene rings is 1. The van der Waals surface area contributed by atoms with Crippen LogP contribution in [0.3, 0.4) is 0 Å². The van der Waals surface area contributed by atoms with Crippen LogP contribution in [0.1, 0.15) is 31.1 Å². The maximum Gasteiger partial charge on any atom is 0.160 e. The van der Waals surface area contributed by atoms with E-state index < -0.39 is 0 Å². The number of aromatic nitrogens is 3. The lowest BCUT2D eigenvalue weighted by atomic mass is 10.1. The molecule has 0 saturated carbocycles. The molecule has 8 heteroatoms. The molecule has 0 fully saturated rings. The molecule has 1 atom stereocenters. The molecule has 0 saturated heterocycles. The molecule has 0 aliphatic rings. The highest BCUT2D eigenvalue weighted by Gasteiger charge is 2.21. The minimum atomic E-state index is -0.000797. The molecule has 3 aromatic rings. The van der Waals surface area contributed by atoms with Gasteiger partial charge in [-0.25, -0.2) is 0 Å². The number of rotatable bonds is 8. The summed E-state index contributed by atoms with van der Waals surface area (Å²) in [6.45, 7) is 9.96. The molecular formula is C23H29N7O. The maximum atomic E-state index is 6.54. The van der Waals surface area contributed by atoms with Crippen LogP contribution in [-0.2, 0) is 4.74 Å². The van der Waals surface area contributed by atoms with E-state index in [-0.39, 0.29) is 12.8 Å². The Bertz CT molecular complexity index is 1150. The van der Waals surface area contributed by atoms with Gasteiger partial charge in [0, 0.05) is 5.70 Å². The van der Waals surface area contributed by atoms with Crippen molar-refractivity contribution in [2.75, 3.05) is 23.5 Å². The van der Waals surface area contributed by atoms with E-state index in [4.69, 9.17) is 21.9 Å². The first-order valence-corrected chi connectivity index (χ1v) is 9.99. The Morgan fingerprint density at radius 1 is 1.16 bits per heavy atom. The van der Waals surface area contributed by atoms with Crippen LogP contribution < -0.4 is 22.5 Å². The summed E-state index contributed by atoms with van der Waals surface area (Å²) < 4.78 is 7.02. The molecule has 0 radical (unpaired) electrons. The van der Waals surface area contributed by atoms with Gasteiger partial charge in [-0.1, -0.05) is 36.9 Å². The fourth-order valence-electron chi connectivity index (χ4n) is 3.46. The minimum absolute atomic E-state index is 0.000797. The number of aryl methyl sites for hydroxylation is 1. The fraction of sp³-hybridized carbons (Fsp3) is 0.217. The van der Waals surface area contributed by atoms with Crippen molar-refractivity contribution < 1.29 is 4.74 Å². The van der Waals surface area contributed by atoms with Gasteiger partial charge in [0.1, 0.15) is 24.1 Å². The summed E-state index contributed by atoms with van der Waals surface area (Å²) >= 11 is 0. The van der Waals surface area contributed by atoms with E-state index >= 15 is 0 Å². The molecule has 7 N–H and O–H groups in total. The lowest BCUT2D eigenvalue weighted by molar-refractivity contribution is 0.233. The Balaban J connectivity index is 2.04. The van der Waals surface area contributed by atoms with Crippen LogP contribution in [0.5, 0.6) is 0 Å². The van der Waals surface area contributed by atoms with Gasteiger partial charge in [-0.2, -0.15) is 5.10 Å². The molecule has 0 spiro atoms. The van der Waals surface area contributed by atoms with E-state index in [0.717, 1.165) is 10.9 Å². The second kappa shape index (κ2) is 9.36. The maximum absolute atomic E-state index is 6.54. The standard InChI is InChI=1S/C23H29N7O/c1-5-18(31-13-24)12-11-14(2)30-21(25)19-16(4)28-29-23(20(19)22(30)26)27-15(3)17-9-7-6-8-10-17/h5-12,15H,2,13,24-26H2,1,3-4H3,(H,27,29)/b12-11-,18-5+. The minimum Gasteiger partial charge on any atom is -0.479 e. The Morgan fingerprint density at radius 2 is 1.84 bits per heavy atom. The first-order valence-electron chi connectivity index (χ1n) is 9.99. The van der Waals surface area contributed by atoms with Crippen molar-refractivity contribution in [3.05, 3.63) is 72.2 Å². The molecule has 0 bridgehead atoms. The number of nitrogens with zero attached hydrogens (tertiary/aromatic N) is 3. The Labute approximate surface area is 182 Å². The summed E-state index contributed by atoms with van der Waals surface area (Å²) in [6, 6.07) is 10.1. The summed E-state index contributed by atoms with van der Waals surface area (Å²) in [6.07, 6.45) is 5.34. The van der Waals surface area contributed by atoms with Gasteiger partial charge in [-0.15, -0.1) is 5.10 Å². The van der Waals surface area contributed by atoms with Gasteiger partial charge in [0.05, 0.1) is 22.5 Å². The lowest BCUT2D eigenvalue weighted by Gasteiger charge is -2.15. The van der Waals surface area contributed by atoms with Crippen LogP contribution in [0.25, 0.3) is 16.5 Å². The number of nitrogens with two attached hydrogens (primary N) is 3. The molecular weight excluding hydrogens is 390 g/mol. The second-order valence-corrected chi connectivity index (χ2v) is 7.09. The summed E-state index contributed by atoms with van der Waals surface area (Å²) in [7, 11) is 0. The van der Waals surface area contributed by atoms with E-state index in [2.05, 4.69) is 29.0 Å². The largest absolute Gasteiger partial charge is 0.479 e. The quantitative estimate of drug-likeness (QED) is 0.247. The molecule has 8 nitrogen and oxygen atoms in total. The summed E-state index contributed by atoms with van der Waals surface area (Å²) in [4.78, 5) is 0. The van der Waals surface area contributed by atoms with Crippen LogP contribution in [0, 0.1) is 6.92 Å². The zero-order valence-corrected chi connectivity index (χ0v) is 18.1. The number of hydrogen-bond acceptors (Lipinski definition) is 7. The predicted molar refractivity (Wildman–Crippen MR) is 128 cm³/mol. The second-order valence-electron chi connectivity index (χ2n) is 7.09. The van der Waals surface area contributed by atoms with Crippen molar-refractivity contribution in [3.8, 4) is 0 Å². The zero-order valence-electron chi connectivity index (χ0n) is 18.1.